The fraction of sp³-hybridized carbons (Fsp3) is 0.467. The van der Waals surface area contributed by atoms with E-state index in [1.807, 2.05) is 30.3 Å². The van der Waals surface area contributed by atoms with Crippen LogP contribution < -0.4 is 10.6 Å². The molecule has 2 aromatic rings. The highest BCUT2D eigenvalue weighted by Gasteiger charge is 2.36. The highest BCUT2D eigenvalue weighted by Crippen LogP contribution is 2.29. The molecule has 2 atom stereocenters. The Morgan fingerprint density at radius 2 is 1.45 bits per heavy atom. The molecule has 0 radical (unpaired) electrons. The molecule has 218 valence electrons. The van der Waals surface area contributed by atoms with Gasteiger partial charge in [-0.25, -0.2) is 9.59 Å². The van der Waals surface area contributed by atoms with E-state index in [0.717, 1.165) is 5.56 Å². The Morgan fingerprint density at radius 3 is 2.00 bits per heavy atom. The first-order valence-electron chi connectivity index (χ1n) is 13.2. The molecule has 0 saturated carbocycles. The van der Waals surface area contributed by atoms with E-state index in [9.17, 15) is 24.3 Å². The van der Waals surface area contributed by atoms with Crippen molar-refractivity contribution in [1.82, 2.24) is 15.5 Å². The van der Waals surface area contributed by atoms with E-state index >= 15 is 0 Å². The minimum atomic E-state index is -1.31. The molecule has 10 nitrogen and oxygen atoms in total. The van der Waals surface area contributed by atoms with Gasteiger partial charge in [-0.05, 0) is 60.1 Å². The molecule has 0 saturated heterocycles. The van der Waals surface area contributed by atoms with Gasteiger partial charge in [-0.3, -0.25) is 9.59 Å². The molecule has 0 aliphatic heterocycles. The van der Waals surface area contributed by atoms with Gasteiger partial charge in [0.2, 0.25) is 11.8 Å². The van der Waals surface area contributed by atoms with Crippen molar-refractivity contribution in [3.63, 3.8) is 0 Å². The monoisotopic (exact) mass is 555 g/mol. The van der Waals surface area contributed by atoms with E-state index in [0.29, 0.717) is 0 Å². The molecule has 0 heterocycles. The standard InChI is InChI=1S/C30H41N3O7/c1-8-33(24(35)19-31-28(38)40-30(5,6)7)25(21-16-12-13-17-23(21)34)26(36)32-22(27(37)39-29(2,3)4)18-20-14-10-9-11-15-20/h9-17,22,25,34H,8,18-19H2,1-7H3,(H,31,38)(H,32,36). The summed E-state index contributed by atoms with van der Waals surface area (Å²) in [5.74, 6) is -2.12. The number of hydrogen-bond acceptors (Lipinski definition) is 7. The summed E-state index contributed by atoms with van der Waals surface area (Å²) in [6.45, 7) is 11.6. The van der Waals surface area contributed by atoms with E-state index < -0.39 is 53.7 Å². The van der Waals surface area contributed by atoms with Gasteiger partial charge in [0, 0.05) is 18.5 Å². The first-order chi connectivity index (χ1) is 18.6. The fourth-order valence-corrected chi connectivity index (χ4v) is 3.90. The Balaban J connectivity index is 2.39. The third-order valence-corrected chi connectivity index (χ3v) is 5.53. The molecule has 3 amide bonds. The number of rotatable bonds is 10. The quantitative estimate of drug-likeness (QED) is 0.379. The summed E-state index contributed by atoms with van der Waals surface area (Å²) in [6, 6.07) is 12.9. The number of alkyl carbamates (subject to hydrolysis) is 1. The third-order valence-electron chi connectivity index (χ3n) is 5.53. The number of aromatic hydroxyl groups is 1. The number of likely N-dealkylation sites (N-methyl/N-ethyl adjacent to an activating group) is 1. The predicted octanol–water partition coefficient (Wildman–Crippen LogP) is 3.88. The predicted molar refractivity (Wildman–Crippen MR) is 150 cm³/mol. The largest absolute Gasteiger partial charge is 0.508 e. The Labute approximate surface area is 236 Å². The SMILES string of the molecule is CCN(C(=O)CNC(=O)OC(C)(C)C)C(C(=O)NC(Cc1ccccc1)C(=O)OC(C)(C)C)c1ccccc1O. The van der Waals surface area contributed by atoms with E-state index in [4.69, 9.17) is 9.47 Å². The van der Waals surface area contributed by atoms with Crippen molar-refractivity contribution in [3.8, 4) is 5.75 Å². The van der Waals surface area contributed by atoms with Crippen LogP contribution in [0.15, 0.2) is 54.6 Å². The van der Waals surface area contributed by atoms with Crippen molar-refractivity contribution >= 4 is 23.9 Å². The fourth-order valence-electron chi connectivity index (χ4n) is 3.90. The van der Waals surface area contributed by atoms with Crippen LogP contribution in [0, 0.1) is 0 Å². The van der Waals surface area contributed by atoms with Crippen LogP contribution in [0.1, 0.15) is 65.6 Å². The van der Waals surface area contributed by atoms with Gasteiger partial charge in [-0.15, -0.1) is 0 Å². The summed E-state index contributed by atoms with van der Waals surface area (Å²) in [4.78, 5) is 53.7. The molecule has 0 aliphatic carbocycles. The number of para-hydroxylation sites is 1. The minimum Gasteiger partial charge on any atom is -0.508 e. The van der Waals surface area contributed by atoms with E-state index in [-0.39, 0.29) is 24.3 Å². The maximum atomic E-state index is 13.9. The minimum absolute atomic E-state index is 0.0665. The van der Waals surface area contributed by atoms with Gasteiger partial charge in [-0.1, -0.05) is 48.5 Å². The number of benzene rings is 2. The van der Waals surface area contributed by atoms with Crippen molar-refractivity contribution in [1.29, 1.82) is 0 Å². The number of esters is 1. The summed E-state index contributed by atoms with van der Waals surface area (Å²) in [6.07, 6.45) is -0.636. The van der Waals surface area contributed by atoms with Crippen LogP contribution in [-0.2, 0) is 30.3 Å². The Morgan fingerprint density at radius 1 is 0.875 bits per heavy atom. The molecule has 2 unspecified atom stereocenters. The number of carbonyl (C=O) groups excluding carboxylic acids is 4. The average molecular weight is 556 g/mol. The third kappa shape index (κ3) is 10.2. The van der Waals surface area contributed by atoms with Gasteiger partial charge < -0.3 is 30.1 Å². The number of amides is 3. The molecule has 40 heavy (non-hydrogen) atoms. The second kappa shape index (κ2) is 13.8. The lowest BCUT2D eigenvalue weighted by molar-refractivity contribution is -0.159. The smallest absolute Gasteiger partial charge is 0.408 e. The molecule has 0 aliphatic rings. The van der Waals surface area contributed by atoms with E-state index in [2.05, 4.69) is 10.6 Å². The molecular formula is C30H41N3O7. The molecule has 0 aromatic heterocycles. The van der Waals surface area contributed by atoms with Crippen LogP contribution in [0.25, 0.3) is 0 Å². The van der Waals surface area contributed by atoms with Crippen molar-refractivity contribution in [2.45, 2.75) is 78.2 Å². The van der Waals surface area contributed by atoms with Gasteiger partial charge in [0.1, 0.15) is 35.6 Å². The summed E-state index contributed by atoms with van der Waals surface area (Å²) < 4.78 is 10.8. The van der Waals surface area contributed by atoms with Gasteiger partial charge in [-0.2, -0.15) is 0 Å². The van der Waals surface area contributed by atoms with Gasteiger partial charge in [0.15, 0.2) is 0 Å². The number of ether oxygens (including phenoxy) is 2. The van der Waals surface area contributed by atoms with Crippen LogP contribution in [0.4, 0.5) is 4.79 Å². The number of phenols is 1. The normalized spacial score (nSPS) is 13.0. The van der Waals surface area contributed by atoms with Crippen LogP contribution in [0.5, 0.6) is 5.75 Å². The number of nitrogens with one attached hydrogen (secondary N) is 2. The number of phenolic OH excluding ortho intramolecular Hbond substituents is 1. The first-order valence-corrected chi connectivity index (χ1v) is 13.2. The zero-order chi connectivity index (χ0) is 30.1. The van der Waals surface area contributed by atoms with E-state index in [1.165, 1.54) is 17.0 Å². The number of nitrogens with zero attached hydrogens (tertiary/aromatic N) is 1. The Kier molecular flexibility index (Phi) is 11.1. The maximum Gasteiger partial charge on any atom is 0.408 e. The number of hydrogen-bond donors (Lipinski definition) is 3. The van der Waals surface area contributed by atoms with Crippen LogP contribution >= 0.6 is 0 Å². The highest BCUT2D eigenvalue weighted by molar-refractivity contribution is 5.93. The lowest BCUT2D eigenvalue weighted by Crippen LogP contribution is -2.52. The number of carbonyl (C=O) groups is 4. The molecule has 2 rings (SSSR count). The first kappa shape index (κ1) is 32.1. The zero-order valence-electron chi connectivity index (χ0n) is 24.3. The summed E-state index contributed by atoms with van der Waals surface area (Å²) in [7, 11) is 0. The van der Waals surface area contributed by atoms with Crippen LogP contribution in [0.3, 0.4) is 0 Å². The summed E-state index contributed by atoms with van der Waals surface area (Å²) in [5.41, 5.74) is -0.601. The molecule has 2 aromatic carbocycles. The maximum absolute atomic E-state index is 13.9. The molecule has 0 bridgehead atoms. The Hall–Kier alpha value is -4.08. The lowest BCUT2D eigenvalue weighted by atomic mass is 10.0. The molecule has 10 heteroatoms. The van der Waals surface area contributed by atoms with Crippen molar-refractivity contribution in [2.75, 3.05) is 13.1 Å². The van der Waals surface area contributed by atoms with Crippen molar-refractivity contribution in [3.05, 3.63) is 65.7 Å². The van der Waals surface area contributed by atoms with E-state index in [1.54, 1.807) is 60.6 Å². The second-order valence-corrected chi connectivity index (χ2v) is 11.3. The summed E-state index contributed by atoms with van der Waals surface area (Å²) >= 11 is 0. The topological polar surface area (TPSA) is 134 Å². The molecular weight excluding hydrogens is 514 g/mol. The van der Waals surface area contributed by atoms with Gasteiger partial charge >= 0.3 is 12.1 Å². The van der Waals surface area contributed by atoms with Crippen LogP contribution in [-0.4, -0.2) is 64.2 Å². The van der Waals surface area contributed by atoms with Crippen molar-refractivity contribution in [2.24, 2.45) is 0 Å². The van der Waals surface area contributed by atoms with Crippen molar-refractivity contribution < 1.29 is 33.8 Å². The average Bonchev–Trinajstić information content (AvgIpc) is 2.84. The lowest BCUT2D eigenvalue weighted by Gasteiger charge is -2.32. The zero-order valence-corrected chi connectivity index (χ0v) is 24.3. The molecule has 0 spiro atoms. The second-order valence-electron chi connectivity index (χ2n) is 11.3. The summed E-state index contributed by atoms with van der Waals surface area (Å²) in [5, 5.41) is 15.8. The van der Waals surface area contributed by atoms with Gasteiger partial charge in [0.05, 0.1) is 0 Å². The highest BCUT2D eigenvalue weighted by atomic mass is 16.6. The molecule has 0 fully saturated rings. The Bertz CT molecular complexity index is 1170. The van der Waals surface area contributed by atoms with Gasteiger partial charge in [0.25, 0.3) is 0 Å². The molecule has 3 N–H and O–H groups in total. The van der Waals surface area contributed by atoms with Crippen LogP contribution in [0.2, 0.25) is 0 Å².